The molecule has 2 aromatic heterocycles. The Morgan fingerprint density at radius 3 is 2.44 bits per heavy atom. The summed E-state index contributed by atoms with van der Waals surface area (Å²) in [5.41, 5.74) is 1.57. The second kappa shape index (κ2) is 9.38. The summed E-state index contributed by atoms with van der Waals surface area (Å²) in [7, 11) is 0. The third-order valence-electron chi connectivity index (χ3n) is 5.34. The highest BCUT2D eigenvalue weighted by atomic mass is 32.1. The molecule has 2 aromatic carbocycles. The summed E-state index contributed by atoms with van der Waals surface area (Å²) < 4.78 is 45.9. The monoisotopic (exact) mass is 505 g/mol. The van der Waals surface area contributed by atoms with E-state index in [-0.39, 0.29) is 18.4 Å². The minimum Gasteiger partial charge on any atom is -0.485 e. The minimum atomic E-state index is -4.38. The Morgan fingerprint density at radius 1 is 1.12 bits per heavy atom. The van der Waals surface area contributed by atoms with Gasteiger partial charge in [0, 0.05) is 10.3 Å². The zero-order chi connectivity index (χ0) is 24.6. The summed E-state index contributed by atoms with van der Waals surface area (Å²) in [5, 5.41) is 12.5. The molecule has 0 fully saturated rings. The molecule has 4 rings (SSSR count). The van der Waals surface area contributed by atoms with E-state index in [2.05, 4.69) is 0 Å². The molecule has 1 atom stereocenters. The Balaban J connectivity index is 1.60. The van der Waals surface area contributed by atoms with Gasteiger partial charge in [-0.3, -0.25) is 4.79 Å². The SMILES string of the molecule is CC(C)c1nc(-c2ccc(C(F)(F)F)cc2)sc1C(C)Oc1ccc2c(CC(=O)O)csc2c1. The molecular formula is C25H22F3NO3S2. The number of thiazole rings is 1. The second-order valence-corrected chi connectivity index (χ2v) is 10.2. The quantitative estimate of drug-likeness (QED) is 0.277. The predicted molar refractivity (Wildman–Crippen MR) is 129 cm³/mol. The summed E-state index contributed by atoms with van der Waals surface area (Å²) in [6.07, 6.45) is -4.73. The molecule has 0 saturated carbocycles. The lowest BCUT2D eigenvalue weighted by atomic mass is 10.1. The molecule has 178 valence electrons. The van der Waals surface area contributed by atoms with E-state index in [1.165, 1.54) is 34.8 Å². The fourth-order valence-corrected chi connectivity index (χ4v) is 5.86. The number of fused-ring (bicyclic) bond motifs is 1. The van der Waals surface area contributed by atoms with Crippen LogP contribution in [0.2, 0.25) is 0 Å². The van der Waals surface area contributed by atoms with Crippen molar-refractivity contribution in [2.75, 3.05) is 0 Å². The van der Waals surface area contributed by atoms with Crippen LogP contribution in [-0.4, -0.2) is 16.1 Å². The van der Waals surface area contributed by atoms with E-state index < -0.39 is 17.7 Å². The molecular weight excluding hydrogens is 483 g/mol. The van der Waals surface area contributed by atoms with Gasteiger partial charge in [0.1, 0.15) is 16.9 Å². The predicted octanol–water partition coefficient (Wildman–Crippen LogP) is 7.93. The number of rotatable bonds is 7. The van der Waals surface area contributed by atoms with Gasteiger partial charge < -0.3 is 9.84 Å². The number of carboxylic acid groups (broad SMARTS) is 1. The lowest BCUT2D eigenvalue weighted by molar-refractivity contribution is -0.138. The molecule has 4 nitrogen and oxygen atoms in total. The van der Waals surface area contributed by atoms with Crippen LogP contribution in [0.5, 0.6) is 5.75 Å². The summed E-state index contributed by atoms with van der Waals surface area (Å²) in [6, 6.07) is 10.6. The standard InChI is InChI=1S/C25H22F3NO3S2/c1-13(2)22-23(34-24(29-22)15-4-6-17(7-5-15)25(26,27)28)14(3)32-18-8-9-19-16(10-21(30)31)12-33-20(19)11-18/h4-9,11-14H,10H2,1-3H3,(H,30,31). The fourth-order valence-electron chi connectivity index (χ4n) is 3.67. The van der Waals surface area contributed by atoms with Crippen molar-refractivity contribution in [3.05, 3.63) is 69.5 Å². The number of thiophene rings is 1. The van der Waals surface area contributed by atoms with Crippen LogP contribution in [0.15, 0.2) is 47.8 Å². The number of alkyl halides is 3. The highest BCUT2D eigenvalue weighted by Gasteiger charge is 2.30. The molecule has 4 aromatic rings. The fraction of sp³-hybridized carbons (Fsp3) is 0.280. The first kappa shape index (κ1) is 24.2. The van der Waals surface area contributed by atoms with Crippen LogP contribution < -0.4 is 4.74 Å². The molecule has 34 heavy (non-hydrogen) atoms. The lowest BCUT2D eigenvalue weighted by Gasteiger charge is -2.16. The van der Waals surface area contributed by atoms with E-state index in [1.54, 1.807) is 0 Å². The number of aliphatic carboxylic acids is 1. The van der Waals surface area contributed by atoms with E-state index >= 15 is 0 Å². The summed E-state index contributed by atoms with van der Waals surface area (Å²) in [5.74, 6) is -0.106. The summed E-state index contributed by atoms with van der Waals surface area (Å²) in [6.45, 7) is 5.96. The van der Waals surface area contributed by atoms with Gasteiger partial charge >= 0.3 is 12.1 Å². The largest absolute Gasteiger partial charge is 0.485 e. The first-order valence-electron chi connectivity index (χ1n) is 10.6. The molecule has 0 spiro atoms. The van der Waals surface area contributed by atoms with E-state index in [9.17, 15) is 18.0 Å². The van der Waals surface area contributed by atoms with Crippen molar-refractivity contribution in [3.8, 4) is 16.3 Å². The van der Waals surface area contributed by atoms with Crippen molar-refractivity contribution in [1.29, 1.82) is 0 Å². The van der Waals surface area contributed by atoms with Gasteiger partial charge in [-0.15, -0.1) is 22.7 Å². The van der Waals surface area contributed by atoms with E-state index in [1.807, 2.05) is 44.4 Å². The Kier molecular flexibility index (Phi) is 6.69. The molecule has 0 radical (unpaired) electrons. The number of hydrogen-bond donors (Lipinski definition) is 1. The molecule has 0 aliphatic heterocycles. The van der Waals surface area contributed by atoms with Crippen LogP contribution in [-0.2, 0) is 17.4 Å². The number of carbonyl (C=O) groups is 1. The molecule has 0 saturated heterocycles. The van der Waals surface area contributed by atoms with Gasteiger partial charge in [0.25, 0.3) is 0 Å². The molecule has 1 N–H and O–H groups in total. The van der Waals surface area contributed by atoms with Crippen molar-refractivity contribution in [1.82, 2.24) is 4.98 Å². The first-order valence-corrected chi connectivity index (χ1v) is 12.3. The number of halogens is 3. The van der Waals surface area contributed by atoms with Gasteiger partial charge in [-0.05, 0) is 59.5 Å². The molecule has 0 aliphatic carbocycles. The van der Waals surface area contributed by atoms with Crippen molar-refractivity contribution < 1.29 is 27.8 Å². The highest BCUT2D eigenvalue weighted by molar-refractivity contribution is 7.17. The van der Waals surface area contributed by atoms with Crippen LogP contribution >= 0.6 is 22.7 Å². The third kappa shape index (κ3) is 5.10. The Hall–Kier alpha value is -2.91. The van der Waals surface area contributed by atoms with Gasteiger partial charge in [0.05, 0.1) is 22.6 Å². The Labute approximate surface area is 202 Å². The lowest BCUT2D eigenvalue weighted by Crippen LogP contribution is -2.05. The maximum Gasteiger partial charge on any atom is 0.416 e. The summed E-state index contributed by atoms with van der Waals surface area (Å²) >= 11 is 2.89. The van der Waals surface area contributed by atoms with Crippen LogP contribution in [0.25, 0.3) is 20.7 Å². The zero-order valence-electron chi connectivity index (χ0n) is 18.6. The van der Waals surface area contributed by atoms with Crippen LogP contribution in [0.3, 0.4) is 0 Å². The number of benzene rings is 2. The zero-order valence-corrected chi connectivity index (χ0v) is 20.3. The number of ether oxygens (including phenoxy) is 1. The van der Waals surface area contributed by atoms with E-state index in [0.717, 1.165) is 38.4 Å². The Morgan fingerprint density at radius 2 is 1.82 bits per heavy atom. The Bertz CT molecular complexity index is 1320. The van der Waals surface area contributed by atoms with Crippen molar-refractivity contribution >= 4 is 38.7 Å². The van der Waals surface area contributed by atoms with Gasteiger partial charge in [-0.2, -0.15) is 13.2 Å². The number of hydrogen-bond acceptors (Lipinski definition) is 5. The average Bonchev–Trinajstić information content (AvgIpc) is 3.38. The van der Waals surface area contributed by atoms with Crippen molar-refractivity contribution in [2.24, 2.45) is 0 Å². The van der Waals surface area contributed by atoms with Gasteiger partial charge in [0.2, 0.25) is 0 Å². The molecule has 9 heteroatoms. The normalized spacial score (nSPS) is 12.9. The maximum absolute atomic E-state index is 12.9. The topological polar surface area (TPSA) is 59.4 Å². The molecule has 0 amide bonds. The summed E-state index contributed by atoms with van der Waals surface area (Å²) in [4.78, 5) is 16.7. The first-order chi connectivity index (χ1) is 16.0. The molecule has 0 aliphatic rings. The van der Waals surface area contributed by atoms with Gasteiger partial charge in [0.15, 0.2) is 0 Å². The van der Waals surface area contributed by atoms with Crippen molar-refractivity contribution in [2.45, 2.75) is 45.4 Å². The number of nitrogens with zero attached hydrogens (tertiary/aromatic N) is 1. The highest BCUT2D eigenvalue weighted by Crippen LogP contribution is 2.39. The van der Waals surface area contributed by atoms with Gasteiger partial charge in [-0.25, -0.2) is 4.98 Å². The average molecular weight is 506 g/mol. The third-order valence-corrected chi connectivity index (χ3v) is 7.61. The molecule has 1 unspecified atom stereocenters. The van der Waals surface area contributed by atoms with E-state index in [0.29, 0.717) is 16.3 Å². The van der Waals surface area contributed by atoms with E-state index in [4.69, 9.17) is 14.8 Å². The number of aromatic nitrogens is 1. The van der Waals surface area contributed by atoms with Crippen LogP contribution in [0.1, 0.15) is 54.5 Å². The molecule has 2 heterocycles. The number of carboxylic acids is 1. The van der Waals surface area contributed by atoms with Crippen LogP contribution in [0, 0.1) is 0 Å². The minimum absolute atomic E-state index is 0.0258. The molecule has 0 bridgehead atoms. The van der Waals surface area contributed by atoms with Gasteiger partial charge in [-0.1, -0.05) is 26.0 Å². The van der Waals surface area contributed by atoms with Crippen LogP contribution in [0.4, 0.5) is 13.2 Å². The smallest absolute Gasteiger partial charge is 0.416 e. The second-order valence-electron chi connectivity index (χ2n) is 8.25. The van der Waals surface area contributed by atoms with Crippen molar-refractivity contribution in [3.63, 3.8) is 0 Å². The maximum atomic E-state index is 12.9.